The number of urea groups is 1. The standard InChI is InChI=1S/C36H34N6O2/c43-34-36(18-23-39(24-19-36)26-30-14-6-13-29-12-4-5-15-33(29)30)41(27-31-16-17-32(25-37-31)42-22-8-20-38-42)35(44)40(34)21-7-11-28-9-2-1-3-10-28/h1-17,20,22,25H,18-19,21,23-24,26-27H2. The first-order valence-electron chi connectivity index (χ1n) is 15.1. The number of carbonyl (C=O) groups excluding carboxylic acids is 2. The molecule has 3 amide bonds. The average molecular weight is 583 g/mol. The van der Waals surface area contributed by atoms with E-state index in [9.17, 15) is 9.59 Å². The molecule has 0 N–H and O–H groups in total. The van der Waals surface area contributed by atoms with Gasteiger partial charge in [-0.05, 0) is 52.9 Å². The molecule has 2 aromatic heterocycles. The highest BCUT2D eigenvalue weighted by Crippen LogP contribution is 2.39. The molecule has 220 valence electrons. The van der Waals surface area contributed by atoms with Crippen LogP contribution in [0.25, 0.3) is 22.5 Å². The monoisotopic (exact) mass is 582 g/mol. The number of carbonyl (C=O) groups is 2. The van der Waals surface area contributed by atoms with Crippen LogP contribution in [0.1, 0.15) is 29.7 Å². The number of rotatable bonds is 8. The van der Waals surface area contributed by atoms with Crippen molar-refractivity contribution in [1.82, 2.24) is 29.5 Å². The lowest BCUT2D eigenvalue weighted by atomic mass is 9.85. The number of pyridine rings is 1. The average Bonchev–Trinajstić information content (AvgIpc) is 3.67. The molecule has 0 aliphatic carbocycles. The van der Waals surface area contributed by atoms with Crippen molar-refractivity contribution in [2.45, 2.75) is 31.5 Å². The predicted molar refractivity (Wildman–Crippen MR) is 171 cm³/mol. The topological polar surface area (TPSA) is 74.6 Å². The largest absolute Gasteiger partial charge is 0.328 e. The van der Waals surface area contributed by atoms with Crippen LogP contribution in [0.3, 0.4) is 0 Å². The number of hydrogen-bond acceptors (Lipinski definition) is 5. The van der Waals surface area contributed by atoms with Gasteiger partial charge in [-0.25, -0.2) is 9.48 Å². The Morgan fingerprint density at radius 1 is 0.818 bits per heavy atom. The lowest BCUT2D eigenvalue weighted by molar-refractivity contribution is -0.135. The number of imide groups is 1. The fourth-order valence-electron chi connectivity index (χ4n) is 6.49. The van der Waals surface area contributed by atoms with Crippen LogP contribution in [0.2, 0.25) is 0 Å². The van der Waals surface area contributed by atoms with Crippen molar-refractivity contribution in [3.63, 3.8) is 0 Å². The molecule has 8 nitrogen and oxygen atoms in total. The molecule has 2 aliphatic rings. The third-order valence-corrected chi connectivity index (χ3v) is 8.87. The molecule has 0 radical (unpaired) electrons. The summed E-state index contributed by atoms with van der Waals surface area (Å²) < 4.78 is 1.75. The summed E-state index contributed by atoms with van der Waals surface area (Å²) in [6, 6.07) is 30.3. The van der Waals surface area contributed by atoms with Crippen LogP contribution in [-0.2, 0) is 17.9 Å². The molecule has 0 atom stereocenters. The summed E-state index contributed by atoms with van der Waals surface area (Å²) in [4.78, 5) is 38.4. The fourth-order valence-corrected chi connectivity index (χ4v) is 6.49. The third kappa shape index (κ3) is 5.29. The van der Waals surface area contributed by atoms with Gasteiger partial charge in [0.05, 0.1) is 24.1 Å². The van der Waals surface area contributed by atoms with Crippen molar-refractivity contribution >= 4 is 28.8 Å². The van der Waals surface area contributed by atoms with E-state index in [0.717, 1.165) is 36.6 Å². The number of hydrogen-bond donors (Lipinski definition) is 0. The molecule has 2 fully saturated rings. The molecule has 4 heterocycles. The predicted octanol–water partition coefficient (Wildman–Crippen LogP) is 5.93. The second-order valence-corrected chi connectivity index (χ2v) is 11.5. The van der Waals surface area contributed by atoms with Gasteiger partial charge in [-0.2, -0.15) is 5.10 Å². The molecule has 3 aromatic carbocycles. The minimum Gasteiger partial charge on any atom is -0.304 e. The molecular weight excluding hydrogens is 548 g/mol. The maximum Gasteiger partial charge on any atom is 0.328 e. The Labute approximate surface area is 256 Å². The Hall–Kier alpha value is -5.08. The van der Waals surface area contributed by atoms with Crippen LogP contribution >= 0.6 is 0 Å². The van der Waals surface area contributed by atoms with Gasteiger partial charge in [0.15, 0.2) is 0 Å². The van der Waals surface area contributed by atoms with Crippen molar-refractivity contribution < 1.29 is 9.59 Å². The quantitative estimate of drug-likeness (QED) is 0.212. The van der Waals surface area contributed by atoms with E-state index in [1.165, 1.54) is 21.2 Å². The lowest BCUT2D eigenvalue weighted by Crippen LogP contribution is -2.56. The smallest absolute Gasteiger partial charge is 0.304 e. The van der Waals surface area contributed by atoms with E-state index >= 15 is 0 Å². The van der Waals surface area contributed by atoms with E-state index in [2.05, 4.69) is 57.4 Å². The van der Waals surface area contributed by atoms with Gasteiger partial charge in [-0.15, -0.1) is 0 Å². The van der Waals surface area contributed by atoms with Gasteiger partial charge in [-0.3, -0.25) is 19.6 Å². The lowest BCUT2D eigenvalue weighted by Gasteiger charge is -2.42. The first-order valence-corrected chi connectivity index (χ1v) is 15.1. The molecule has 2 aliphatic heterocycles. The van der Waals surface area contributed by atoms with Crippen molar-refractivity contribution in [3.05, 3.63) is 132 Å². The van der Waals surface area contributed by atoms with E-state index < -0.39 is 5.54 Å². The summed E-state index contributed by atoms with van der Waals surface area (Å²) in [5.74, 6) is -0.113. The summed E-state index contributed by atoms with van der Waals surface area (Å²) >= 11 is 0. The van der Waals surface area contributed by atoms with E-state index in [1.54, 1.807) is 22.0 Å². The maximum atomic E-state index is 14.2. The SMILES string of the molecule is O=C1N(CC=Cc2ccccc2)C(=O)C2(CCN(Cc3cccc4ccccc34)CC2)N1Cc1ccc(-n2cccn2)cn1. The van der Waals surface area contributed by atoms with Gasteiger partial charge >= 0.3 is 6.03 Å². The number of benzene rings is 3. The number of likely N-dealkylation sites (tertiary alicyclic amines) is 1. The Kier molecular flexibility index (Phi) is 7.50. The molecule has 1 spiro atoms. The number of fused-ring (bicyclic) bond motifs is 1. The summed E-state index contributed by atoms with van der Waals surface area (Å²) in [5, 5.41) is 6.76. The van der Waals surface area contributed by atoms with Crippen LogP contribution in [0.15, 0.2) is 116 Å². The van der Waals surface area contributed by atoms with E-state index in [4.69, 9.17) is 0 Å². The van der Waals surface area contributed by atoms with Gasteiger partial charge in [0.2, 0.25) is 0 Å². The van der Waals surface area contributed by atoms with Crippen LogP contribution in [0.4, 0.5) is 4.79 Å². The van der Waals surface area contributed by atoms with Gasteiger partial charge < -0.3 is 4.90 Å². The normalized spacial score (nSPS) is 17.0. The van der Waals surface area contributed by atoms with Crippen molar-refractivity contribution in [3.8, 4) is 5.69 Å². The zero-order chi connectivity index (χ0) is 29.9. The second-order valence-electron chi connectivity index (χ2n) is 11.5. The molecule has 44 heavy (non-hydrogen) atoms. The molecular formula is C36H34N6O2. The maximum absolute atomic E-state index is 14.2. The Balaban J connectivity index is 1.12. The van der Waals surface area contributed by atoms with Gasteiger partial charge in [0.1, 0.15) is 5.54 Å². The van der Waals surface area contributed by atoms with Gasteiger partial charge in [-0.1, -0.05) is 84.9 Å². The second kappa shape index (κ2) is 11.9. The van der Waals surface area contributed by atoms with Crippen LogP contribution in [0, 0.1) is 0 Å². The minimum atomic E-state index is -0.894. The molecule has 2 saturated heterocycles. The summed E-state index contributed by atoms with van der Waals surface area (Å²) in [5.41, 5.74) is 2.99. The number of piperidine rings is 1. The minimum absolute atomic E-state index is 0.113. The number of aromatic nitrogens is 3. The molecule has 0 saturated carbocycles. The first kappa shape index (κ1) is 27.7. The molecule has 0 unspecified atom stereocenters. The van der Waals surface area contributed by atoms with Crippen molar-refractivity contribution in [2.24, 2.45) is 0 Å². The molecule has 0 bridgehead atoms. The Bertz CT molecular complexity index is 1790. The number of nitrogens with zero attached hydrogens (tertiary/aromatic N) is 6. The van der Waals surface area contributed by atoms with Gasteiger partial charge in [0, 0.05) is 38.6 Å². The highest BCUT2D eigenvalue weighted by atomic mass is 16.2. The van der Waals surface area contributed by atoms with Crippen LogP contribution < -0.4 is 0 Å². The van der Waals surface area contributed by atoms with Crippen LogP contribution in [-0.4, -0.2) is 66.6 Å². The van der Waals surface area contributed by atoms with E-state index in [0.29, 0.717) is 12.8 Å². The summed E-state index contributed by atoms with van der Waals surface area (Å²) in [6.45, 7) is 2.75. The third-order valence-electron chi connectivity index (χ3n) is 8.87. The Morgan fingerprint density at radius 3 is 2.39 bits per heavy atom. The van der Waals surface area contributed by atoms with Crippen molar-refractivity contribution in [2.75, 3.05) is 19.6 Å². The molecule has 8 heteroatoms. The van der Waals surface area contributed by atoms with E-state index in [1.807, 2.05) is 66.9 Å². The zero-order valence-corrected chi connectivity index (χ0v) is 24.5. The highest BCUT2D eigenvalue weighted by Gasteiger charge is 2.57. The summed E-state index contributed by atoms with van der Waals surface area (Å²) in [6.07, 6.45) is 10.3. The van der Waals surface area contributed by atoms with Gasteiger partial charge in [0.25, 0.3) is 5.91 Å². The number of amides is 3. The van der Waals surface area contributed by atoms with Crippen molar-refractivity contribution in [1.29, 1.82) is 0 Å². The molecule has 7 rings (SSSR count). The fraction of sp³-hybridized carbons (Fsp3) is 0.222. The Morgan fingerprint density at radius 2 is 1.61 bits per heavy atom. The highest BCUT2D eigenvalue weighted by molar-refractivity contribution is 6.07. The molecule has 5 aromatic rings. The van der Waals surface area contributed by atoms with Crippen LogP contribution in [0.5, 0.6) is 0 Å². The summed E-state index contributed by atoms with van der Waals surface area (Å²) in [7, 11) is 0. The zero-order valence-electron chi connectivity index (χ0n) is 24.5. The first-order chi connectivity index (χ1) is 21.6. The van der Waals surface area contributed by atoms with E-state index in [-0.39, 0.29) is 25.0 Å².